The van der Waals surface area contributed by atoms with E-state index in [2.05, 4.69) is 26.0 Å². The van der Waals surface area contributed by atoms with Gasteiger partial charge in [-0.25, -0.2) is 9.50 Å². The molecule has 0 unspecified atom stereocenters. The number of fused-ring (bicyclic) bond motifs is 1. The molecule has 5 heteroatoms. The number of aryl methyl sites for hydroxylation is 2. The summed E-state index contributed by atoms with van der Waals surface area (Å²) in [4.78, 5) is 4.50. The standard InChI is InChI=1S/C14H11BrClN3/c15-11-7-8-19-14(9-11)17-13(18-19)6-3-10-1-4-12(16)5-2-10/h1-2,4-5,7-9H,3,6H2. The van der Waals surface area contributed by atoms with Gasteiger partial charge in [0.15, 0.2) is 11.5 Å². The second-order valence-corrected chi connectivity index (χ2v) is 5.65. The van der Waals surface area contributed by atoms with Crippen molar-refractivity contribution in [1.82, 2.24) is 14.6 Å². The van der Waals surface area contributed by atoms with Crippen LogP contribution in [0.4, 0.5) is 0 Å². The summed E-state index contributed by atoms with van der Waals surface area (Å²) in [7, 11) is 0. The lowest BCUT2D eigenvalue weighted by Crippen LogP contribution is -1.94. The summed E-state index contributed by atoms with van der Waals surface area (Å²) in [6.07, 6.45) is 3.63. The van der Waals surface area contributed by atoms with Crippen LogP contribution < -0.4 is 0 Å². The molecule has 96 valence electrons. The van der Waals surface area contributed by atoms with E-state index in [1.807, 2.05) is 42.6 Å². The number of hydrogen-bond donors (Lipinski definition) is 0. The maximum Gasteiger partial charge on any atom is 0.156 e. The normalized spacial score (nSPS) is 11.1. The first kappa shape index (κ1) is 12.6. The average molecular weight is 337 g/mol. The predicted octanol–water partition coefficient (Wildman–Crippen LogP) is 3.93. The van der Waals surface area contributed by atoms with Gasteiger partial charge < -0.3 is 0 Å². The maximum absolute atomic E-state index is 5.86. The fourth-order valence-electron chi connectivity index (χ4n) is 1.92. The third-order valence-electron chi connectivity index (χ3n) is 2.89. The molecule has 0 N–H and O–H groups in total. The Morgan fingerprint density at radius 1 is 1.11 bits per heavy atom. The Morgan fingerprint density at radius 3 is 2.68 bits per heavy atom. The zero-order chi connectivity index (χ0) is 13.2. The Balaban J connectivity index is 1.76. The van der Waals surface area contributed by atoms with Crippen molar-refractivity contribution in [3.05, 3.63) is 63.5 Å². The Labute approximate surface area is 124 Å². The lowest BCUT2D eigenvalue weighted by atomic mass is 10.1. The van der Waals surface area contributed by atoms with Crippen molar-refractivity contribution in [1.29, 1.82) is 0 Å². The molecule has 2 heterocycles. The predicted molar refractivity (Wildman–Crippen MR) is 79.5 cm³/mol. The van der Waals surface area contributed by atoms with E-state index >= 15 is 0 Å². The first-order chi connectivity index (χ1) is 9.20. The fourth-order valence-corrected chi connectivity index (χ4v) is 2.36. The monoisotopic (exact) mass is 335 g/mol. The molecule has 0 saturated carbocycles. The van der Waals surface area contributed by atoms with Gasteiger partial charge in [0.2, 0.25) is 0 Å². The molecule has 0 aliphatic carbocycles. The Hall–Kier alpha value is -1.39. The highest BCUT2D eigenvalue weighted by Crippen LogP contribution is 2.13. The molecule has 1 aromatic carbocycles. The molecule has 0 bridgehead atoms. The van der Waals surface area contributed by atoms with Crippen molar-refractivity contribution in [2.75, 3.05) is 0 Å². The van der Waals surface area contributed by atoms with Gasteiger partial charge in [0.1, 0.15) is 0 Å². The van der Waals surface area contributed by atoms with Gasteiger partial charge >= 0.3 is 0 Å². The maximum atomic E-state index is 5.86. The van der Waals surface area contributed by atoms with Crippen LogP contribution in [0.1, 0.15) is 11.4 Å². The van der Waals surface area contributed by atoms with E-state index in [0.29, 0.717) is 0 Å². The van der Waals surface area contributed by atoms with Gasteiger partial charge in [-0.05, 0) is 36.2 Å². The summed E-state index contributed by atoms with van der Waals surface area (Å²) >= 11 is 9.30. The van der Waals surface area contributed by atoms with Gasteiger partial charge in [0.05, 0.1) is 0 Å². The van der Waals surface area contributed by atoms with Crippen molar-refractivity contribution in [2.24, 2.45) is 0 Å². The number of aromatic nitrogens is 3. The topological polar surface area (TPSA) is 30.2 Å². The van der Waals surface area contributed by atoms with Gasteiger partial charge in [-0.2, -0.15) is 5.10 Å². The molecule has 0 atom stereocenters. The van der Waals surface area contributed by atoms with E-state index in [0.717, 1.165) is 33.8 Å². The second-order valence-electron chi connectivity index (χ2n) is 4.30. The minimum Gasteiger partial charge on any atom is -0.221 e. The van der Waals surface area contributed by atoms with Crippen LogP contribution in [0.15, 0.2) is 47.1 Å². The SMILES string of the molecule is Clc1ccc(CCc2nc3cc(Br)ccn3n2)cc1. The Kier molecular flexibility index (Phi) is 3.53. The minimum absolute atomic E-state index is 0.763. The van der Waals surface area contributed by atoms with Crippen LogP contribution in [-0.2, 0) is 12.8 Å². The summed E-state index contributed by atoms with van der Waals surface area (Å²) in [6.45, 7) is 0. The first-order valence-corrected chi connectivity index (χ1v) is 7.13. The van der Waals surface area contributed by atoms with Crippen molar-refractivity contribution < 1.29 is 0 Å². The van der Waals surface area contributed by atoms with E-state index in [9.17, 15) is 0 Å². The highest BCUT2D eigenvalue weighted by Gasteiger charge is 2.04. The average Bonchev–Trinajstić information content (AvgIpc) is 2.80. The molecule has 0 aliphatic heterocycles. The summed E-state index contributed by atoms with van der Waals surface area (Å²) in [6, 6.07) is 11.8. The first-order valence-electron chi connectivity index (χ1n) is 5.96. The van der Waals surface area contributed by atoms with Crippen LogP contribution in [-0.4, -0.2) is 14.6 Å². The summed E-state index contributed by atoms with van der Waals surface area (Å²) in [5, 5.41) is 5.21. The third kappa shape index (κ3) is 2.96. The molecule has 0 aliphatic rings. The van der Waals surface area contributed by atoms with Crippen molar-refractivity contribution in [2.45, 2.75) is 12.8 Å². The Morgan fingerprint density at radius 2 is 1.89 bits per heavy atom. The number of hydrogen-bond acceptors (Lipinski definition) is 2. The molecule has 0 radical (unpaired) electrons. The third-order valence-corrected chi connectivity index (χ3v) is 3.64. The molecule has 0 saturated heterocycles. The number of halogens is 2. The van der Waals surface area contributed by atoms with E-state index in [1.54, 1.807) is 4.52 Å². The molecule has 3 rings (SSSR count). The molecule has 3 nitrogen and oxygen atoms in total. The molecule has 0 spiro atoms. The lowest BCUT2D eigenvalue weighted by molar-refractivity contribution is 0.836. The Bertz CT molecular complexity index is 706. The van der Waals surface area contributed by atoms with Crippen molar-refractivity contribution in [3.63, 3.8) is 0 Å². The van der Waals surface area contributed by atoms with Crippen LogP contribution in [0, 0.1) is 0 Å². The highest BCUT2D eigenvalue weighted by molar-refractivity contribution is 9.10. The molecule has 0 fully saturated rings. The number of benzene rings is 1. The van der Waals surface area contributed by atoms with Crippen LogP contribution in [0.25, 0.3) is 5.65 Å². The van der Waals surface area contributed by atoms with Gasteiger partial charge in [-0.15, -0.1) is 0 Å². The molecule has 0 amide bonds. The summed E-state index contributed by atoms with van der Waals surface area (Å²) < 4.78 is 2.80. The summed E-state index contributed by atoms with van der Waals surface area (Å²) in [5.41, 5.74) is 2.10. The second kappa shape index (κ2) is 5.31. The van der Waals surface area contributed by atoms with Crippen LogP contribution in [0.2, 0.25) is 5.02 Å². The van der Waals surface area contributed by atoms with Gasteiger partial charge in [0.25, 0.3) is 0 Å². The van der Waals surface area contributed by atoms with Crippen LogP contribution in [0.5, 0.6) is 0 Å². The number of rotatable bonds is 3. The number of pyridine rings is 1. The number of nitrogens with zero attached hydrogens (tertiary/aromatic N) is 3. The smallest absolute Gasteiger partial charge is 0.156 e. The molecular formula is C14H11BrClN3. The van der Waals surface area contributed by atoms with E-state index in [4.69, 9.17) is 11.6 Å². The van der Waals surface area contributed by atoms with Gasteiger partial charge in [-0.1, -0.05) is 39.7 Å². The highest BCUT2D eigenvalue weighted by atomic mass is 79.9. The zero-order valence-electron chi connectivity index (χ0n) is 10.1. The zero-order valence-corrected chi connectivity index (χ0v) is 12.4. The summed E-state index contributed by atoms with van der Waals surface area (Å²) in [5.74, 6) is 0.855. The fraction of sp³-hybridized carbons (Fsp3) is 0.143. The largest absolute Gasteiger partial charge is 0.221 e. The van der Waals surface area contributed by atoms with Crippen LogP contribution in [0.3, 0.4) is 0 Å². The molecule has 2 aromatic heterocycles. The van der Waals surface area contributed by atoms with Crippen LogP contribution >= 0.6 is 27.5 Å². The van der Waals surface area contributed by atoms with Gasteiger partial charge in [-0.3, -0.25) is 0 Å². The minimum atomic E-state index is 0.763. The van der Waals surface area contributed by atoms with Gasteiger partial charge in [0, 0.05) is 22.1 Å². The molecule has 3 aromatic rings. The quantitative estimate of drug-likeness (QED) is 0.725. The molecular weight excluding hydrogens is 326 g/mol. The molecule has 19 heavy (non-hydrogen) atoms. The van der Waals surface area contributed by atoms with E-state index < -0.39 is 0 Å². The van der Waals surface area contributed by atoms with Crippen molar-refractivity contribution >= 4 is 33.2 Å². The van der Waals surface area contributed by atoms with E-state index in [1.165, 1.54) is 5.56 Å². The van der Waals surface area contributed by atoms with E-state index in [-0.39, 0.29) is 0 Å². The van der Waals surface area contributed by atoms with Crippen molar-refractivity contribution in [3.8, 4) is 0 Å². The lowest BCUT2D eigenvalue weighted by Gasteiger charge is -1.98.